The first-order chi connectivity index (χ1) is 10.8. The lowest BCUT2D eigenvalue weighted by Gasteiger charge is -1.96. The molecule has 5 heteroatoms. The van der Waals surface area contributed by atoms with Crippen molar-refractivity contribution in [2.75, 3.05) is 6.61 Å². The average Bonchev–Trinajstić information content (AvgIpc) is 2.70. The fourth-order valence-electron chi connectivity index (χ4n) is 1.69. The van der Waals surface area contributed by atoms with Crippen LogP contribution in [0.1, 0.15) is 31.2 Å². The molecule has 0 saturated heterocycles. The quantitative estimate of drug-likeness (QED) is 0.329. The van der Waals surface area contributed by atoms with E-state index in [1.807, 2.05) is 51.2 Å². The number of esters is 1. The number of ether oxygens (including phenoxy) is 1. The zero-order valence-corrected chi connectivity index (χ0v) is 16.0. The molecule has 0 bridgehead atoms. The number of thiophene rings is 1. The van der Waals surface area contributed by atoms with E-state index in [1.54, 1.807) is 6.92 Å². The van der Waals surface area contributed by atoms with E-state index in [1.165, 1.54) is 17.4 Å². The fourth-order valence-corrected chi connectivity index (χ4v) is 3.32. The molecule has 0 atom stereocenters. The molecule has 0 spiro atoms. The van der Waals surface area contributed by atoms with Gasteiger partial charge in [0.1, 0.15) is 4.34 Å². The Balaban J connectivity index is 2.72. The number of rotatable bonds is 6. The minimum Gasteiger partial charge on any atom is -0.463 e. The van der Waals surface area contributed by atoms with E-state index in [4.69, 9.17) is 27.9 Å². The molecule has 1 rings (SSSR count). The monoisotopic (exact) mass is 370 g/mol. The first-order valence-corrected chi connectivity index (χ1v) is 8.74. The van der Waals surface area contributed by atoms with Gasteiger partial charge in [-0.05, 0) is 33.3 Å². The standard InChI is InChI=1S/C18H20Cl2O2S/c1-5-22-16(21)11-13(3)8-6-7-12(2)9-10-15-17(19)14(4)23-18(15)20/h6-11H,5H2,1-4H3. The molecule has 0 aliphatic rings. The number of hydrogen-bond donors (Lipinski definition) is 0. The topological polar surface area (TPSA) is 26.3 Å². The van der Waals surface area contributed by atoms with Gasteiger partial charge in [-0.3, -0.25) is 0 Å². The summed E-state index contributed by atoms with van der Waals surface area (Å²) in [4.78, 5) is 12.3. The molecule has 0 aromatic carbocycles. The van der Waals surface area contributed by atoms with Crippen LogP contribution in [-0.2, 0) is 9.53 Å². The molecular formula is C18H20Cl2O2S. The third kappa shape index (κ3) is 6.78. The van der Waals surface area contributed by atoms with E-state index < -0.39 is 0 Å². The lowest BCUT2D eigenvalue weighted by Crippen LogP contribution is -1.99. The number of hydrogen-bond acceptors (Lipinski definition) is 3. The first-order valence-electron chi connectivity index (χ1n) is 7.17. The minimum absolute atomic E-state index is 0.327. The maximum atomic E-state index is 11.3. The zero-order chi connectivity index (χ0) is 17.4. The van der Waals surface area contributed by atoms with E-state index in [-0.39, 0.29) is 5.97 Å². The average molecular weight is 371 g/mol. The number of halogens is 2. The molecule has 0 aliphatic carbocycles. The van der Waals surface area contributed by atoms with Crippen LogP contribution in [0.15, 0.2) is 41.5 Å². The fraction of sp³-hybridized carbons (Fsp3) is 0.278. The lowest BCUT2D eigenvalue weighted by molar-refractivity contribution is -0.137. The highest BCUT2D eigenvalue weighted by Gasteiger charge is 2.09. The molecule has 0 fully saturated rings. The Morgan fingerprint density at radius 3 is 2.48 bits per heavy atom. The molecule has 1 aromatic heterocycles. The summed E-state index contributed by atoms with van der Waals surface area (Å²) in [5.41, 5.74) is 2.73. The van der Waals surface area contributed by atoms with Gasteiger partial charge in [0.05, 0.1) is 11.6 Å². The number of carbonyl (C=O) groups is 1. The van der Waals surface area contributed by atoms with Crippen LogP contribution >= 0.6 is 34.5 Å². The largest absolute Gasteiger partial charge is 0.463 e. The van der Waals surface area contributed by atoms with Crippen molar-refractivity contribution >= 4 is 46.6 Å². The van der Waals surface area contributed by atoms with Crippen molar-refractivity contribution in [3.63, 3.8) is 0 Å². The third-order valence-corrected chi connectivity index (χ3v) is 4.81. The Hall–Kier alpha value is -1.29. The summed E-state index contributed by atoms with van der Waals surface area (Å²) < 4.78 is 5.55. The van der Waals surface area contributed by atoms with Crippen molar-refractivity contribution in [3.05, 3.63) is 61.3 Å². The summed E-state index contributed by atoms with van der Waals surface area (Å²) in [6.07, 6.45) is 11.0. The van der Waals surface area contributed by atoms with Crippen LogP contribution < -0.4 is 0 Å². The van der Waals surface area contributed by atoms with Crippen LogP contribution in [-0.4, -0.2) is 12.6 Å². The molecule has 0 amide bonds. The number of allylic oxidation sites excluding steroid dienone is 6. The van der Waals surface area contributed by atoms with E-state index in [9.17, 15) is 4.79 Å². The van der Waals surface area contributed by atoms with Gasteiger partial charge in [0.25, 0.3) is 0 Å². The molecule has 1 aromatic rings. The summed E-state index contributed by atoms with van der Waals surface area (Å²) >= 11 is 13.8. The Morgan fingerprint density at radius 2 is 1.91 bits per heavy atom. The Labute approximate surface area is 151 Å². The molecular weight excluding hydrogens is 351 g/mol. The highest BCUT2D eigenvalue weighted by Crippen LogP contribution is 2.36. The first kappa shape index (κ1) is 19.8. The second-order valence-electron chi connectivity index (χ2n) is 4.90. The van der Waals surface area contributed by atoms with E-state index in [2.05, 4.69) is 0 Å². The van der Waals surface area contributed by atoms with Crippen LogP contribution in [0.5, 0.6) is 0 Å². The summed E-state index contributed by atoms with van der Waals surface area (Å²) in [6.45, 7) is 7.93. The van der Waals surface area contributed by atoms with Gasteiger partial charge in [0.15, 0.2) is 0 Å². The van der Waals surface area contributed by atoms with Gasteiger partial charge in [-0.25, -0.2) is 4.79 Å². The van der Waals surface area contributed by atoms with Crippen LogP contribution in [0.3, 0.4) is 0 Å². The second-order valence-corrected chi connectivity index (χ2v) is 7.11. The van der Waals surface area contributed by atoms with Crippen LogP contribution in [0.2, 0.25) is 9.36 Å². The van der Waals surface area contributed by atoms with Crippen LogP contribution in [0, 0.1) is 6.92 Å². The molecule has 0 saturated carbocycles. The molecule has 0 unspecified atom stereocenters. The van der Waals surface area contributed by atoms with E-state index in [0.29, 0.717) is 16.0 Å². The van der Waals surface area contributed by atoms with Crippen molar-refractivity contribution < 1.29 is 9.53 Å². The predicted molar refractivity (Wildman–Crippen MR) is 101 cm³/mol. The minimum atomic E-state index is -0.327. The van der Waals surface area contributed by atoms with Gasteiger partial charge in [-0.15, -0.1) is 11.3 Å². The highest BCUT2D eigenvalue weighted by atomic mass is 35.5. The normalized spacial score (nSPS) is 13.3. The smallest absolute Gasteiger partial charge is 0.330 e. The van der Waals surface area contributed by atoms with Gasteiger partial charge >= 0.3 is 5.97 Å². The Morgan fingerprint density at radius 1 is 1.22 bits per heavy atom. The van der Waals surface area contributed by atoms with Crippen molar-refractivity contribution in [3.8, 4) is 0 Å². The number of aryl methyl sites for hydroxylation is 1. The van der Waals surface area contributed by atoms with Crippen LogP contribution in [0.25, 0.3) is 6.08 Å². The van der Waals surface area contributed by atoms with E-state index >= 15 is 0 Å². The van der Waals surface area contributed by atoms with Crippen molar-refractivity contribution in [2.45, 2.75) is 27.7 Å². The van der Waals surface area contributed by atoms with Crippen molar-refractivity contribution in [1.29, 1.82) is 0 Å². The van der Waals surface area contributed by atoms with Gasteiger partial charge in [-0.2, -0.15) is 0 Å². The van der Waals surface area contributed by atoms with Gasteiger partial charge in [0.2, 0.25) is 0 Å². The second kappa shape index (κ2) is 9.76. The molecule has 0 radical (unpaired) electrons. The van der Waals surface area contributed by atoms with Gasteiger partial charge in [-0.1, -0.05) is 59.2 Å². The SMILES string of the molecule is CCOC(=O)C=C(C)C=CC=C(C)C=Cc1c(Cl)sc(C)c1Cl. The van der Waals surface area contributed by atoms with Gasteiger partial charge in [0, 0.05) is 16.5 Å². The van der Waals surface area contributed by atoms with Crippen molar-refractivity contribution in [2.24, 2.45) is 0 Å². The molecule has 23 heavy (non-hydrogen) atoms. The summed E-state index contributed by atoms with van der Waals surface area (Å²) in [7, 11) is 0. The molecule has 1 heterocycles. The third-order valence-electron chi connectivity index (χ3n) is 2.86. The molecule has 0 aliphatic heterocycles. The van der Waals surface area contributed by atoms with E-state index in [0.717, 1.165) is 21.6 Å². The summed E-state index contributed by atoms with van der Waals surface area (Å²) in [5, 5.41) is 0.702. The maximum Gasteiger partial charge on any atom is 0.330 e. The maximum absolute atomic E-state index is 11.3. The van der Waals surface area contributed by atoms with Gasteiger partial charge < -0.3 is 4.74 Å². The Kier molecular flexibility index (Phi) is 8.38. The molecule has 124 valence electrons. The summed E-state index contributed by atoms with van der Waals surface area (Å²) in [5.74, 6) is -0.327. The van der Waals surface area contributed by atoms with Crippen molar-refractivity contribution in [1.82, 2.24) is 0 Å². The number of carbonyl (C=O) groups excluding carboxylic acids is 1. The highest BCUT2D eigenvalue weighted by molar-refractivity contribution is 7.17. The predicted octanol–water partition coefficient (Wildman–Crippen LogP) is 6.39. The summed E-state index contributed by atoms with van der Waals surface area (Å²) in [6, 6.07) is 0. The molecule has 2 nitrogen and oxygen atoms in total. The Bertz CT molecular complexity index is 679. The zero-order valence-electron chi connectivity index (χ0n) is 13.7. The van der Waals surface area contributed by atoms with Crippen LogP contribution in [0.4, 0.5) is 0 Å². The lowest BCUT2D eigenvalue weighted by atomic mass is 10.2. The molecule has 0 N–H and O–H groups in total.